The molecule has 0 bridgehead atoms. The Morgan fingerprint density at radius 3 is 2.18 bits per heavy atom. The minimum absolute atomic E-state index is 0. The maximum absolute atomic E-state index is 13.1. The van der Waals surface area contributed by atoms with Crippen molar-refractivity contribution in [1.29, 1.82) is 0 Å². The quantitative estimate of drug-likeness (QED) is 0.708. The number of hydrogen-bond acceptors (Lipinski definition) is 1. The van der Waals surface area contributed by atoms with Crippen LogP contribution in [0.2, 0.25) is 0 Å². The smallest absolute Gasteiger partial charge is 0.169 e. The maximum Gasteiger partial charge on any atom is 0.169 e. The van der Waals surface area contributed by atoms with Gasteiger partial charge in [0.05, 0.1) is 19.6 Å². The van der Waals surface area contributed by atoms with E-state index in [0.717, 1.165) is 44.5 Å². The first kappa shape index (κ1) is 19.2. The number of rotatable bonds is 7. The Kier molecular flexibility index (Phi) is 8.13. The van der Waals surface area contributed by atoms with Crippen LogP contribution in [0.3, 0.4) is 0 Å². The zero-order chi connectivity index (χ0) is 15.1. The summed E-state index contributed by atoms with van der Waals surface area (Å²) in [6.45, 7) is 7.93. The number of hydrogen-bond donors (Lipinski definition) is 1. The summed E-state index contributed by atoms with van der Waals surface area (Å²) in [4.78, 5) is 14.7. The third kappa shape index (κ3) is 4.57. The number of ketones is 1. The molecular weight excluding hydrogens is 294 g/mol. The lowest BCUT2D eigenvalue weighted by atomic mass is 9.67. The van der Waals surface area contributed by atoms with Crippen molar-refractivity contribution in [2.24, 2.45) is 5.41 Å². The van der Waals surface area contributed by atoms with Crippen LogP contribution in [-0.2, 0) is 0 Å². The lowest BCUT2D eigenvalue weighted by molar-refractivity contribution is -0.897. The first-order valence-corrected chi connectivity index (χ1v) is 8.65. The van der Waals surface area contributed by atoms with E-state index < -0.39 is 0 Å². The summed E-state index contributed by atoms with van der Waals surface area (Å²) in [6, 6.07) is 9.94. The van der Waals surface area contributed by atoms with Gasteiger partial charge in [-0.2, -0.15) is 0 Å². The van der Waals surface area contributed by atoms with Crippen LogP contribution in [0.25, 0.3) is 0 Å². The van der Waals surface area contributed by atoms with Gasteiger partial charge in [0.25, 0.3) is 0 Å². The van der Waals surface area contributed by atoms with E-state index >= 15 is 0 Å². The largest absolute Gasteiger partial charge is 1.00 e. The summed E-state index contributed by atoms with van der Waals surface area (Å²) in [5, 5.41) is 0. The van der Waals surface area contributed by atoms with Crippen molar-refractivity contribution in [1.82, 2.24) is 0 Å². The Morgan fingerprint density at radius 1 is 1.05 bits per heavy atom. The molecule has 0 unspecified atom stereocenters. The normalized spacial score (nSPS) is 17.0. The Morgan fingerprint density at radius 2 is 1.64 bits per heavy atom. The molecule has 1 aromatic carbocycles. The average Bonchev–Trinajstić information content (AvgIpc) is 2.57. The van der Waals surface area contributed by atoms with Crippen molar-refractivity contribution in [3.05, 3.63) is 35.9 Å². The summed E-state index contributed by atoms with van der Waals surface area (Å²) in [5.41, 5.74) is 0.823. The predicted molar refractivity (Wildman–Crippen MR) is 87.8 cm³/mol. The fourth-order valence-electron chi connectivity index (χ4n) is 3.73. The standard InChI is InChI=1S/C19H29NO.ClH/c1-3-20(4-2)16-15-19(13-9-6-10-14-19)18(21)17-11-7-5-8-12-17;/h5,7-8,11-12H,3-4,6,9-10,13-16H2,1-2H3;1H. The molecule has 0 heterocycles. The van der Waals surface area contributed by atoms with Crippen molar-refractivity contribution in [3.63, 3.8) is 0 Å². The number of carbonyl (C=O) groups excluding carboxylic acids is 1. The van der Waals surface area contributed by atoms with Gasteiger partial charge in [0, 0.05) is 17.4 Å². The van der Waals surface area contributed by atoms with Crippen LogP contribution in [0.15, 0.2) is 30.3 Å². The summed E-state index contributed by atoms with van der Waals surface area (Å²) in [5.74, 6) is 0.398. The molecule has 1 aliphatic carbocycles. The molecule has 0 amide bonds. The van der Waals surface area contributed by atoms with E-state index in [9.17, 15) is 4.79 Å². The highest BCUT2D eigenvalue weighted by Gasteiger charge is 2.40. The SMILES string of the molecule is CC[NH+](CC)CCC1(C(=O)c2ccccc2)CCCCC1.[Cl-]. The van der Waals surface area contributed by atoms with Gasteiger partial charge in [-0.15, -0.1) is 0 Å². The van der Waals surface area contributed by atoms with Gasteiger partial charge >= 0.3 is 0 Å². The summed E-state index contributed by atoms with van der Waals surface area (Å²) in [6.07, 6.45) is 6.95. The van der Waals surface area contributed by atoms with Crippen molar-refractivity contribution in [2.75, 3.05) is 19.6 Å². The minimum atomic E-state index is -0.0881. The first-order valence-electron chi connectivity index (χ1n) is 8.65. The van der Waals surface area contributed by atoms with Crippen LogP contribution in [0.5, 0.6) is 0 Å². The van der Waals surface area contributed by atoms with Crippen LogP contribution in [-0.4, -0.2) is 25.4 Å². The molecule has 124 valence electrons. The molecule has 1 N–H and O–H groups in total. The molecule has 1 fully saturated rings. The minimum Gasteiger partial charge on any atom is -1.00 e. The van der Waals surface area contributed by atoms with Gasteiger partial charge in [0.2, 0.25) is 0 Å². The fourth-order valence-corrected chi connectivity index (χ4v) is 3.73. The Balaban J connectivity index is 0.00000242. The number of halogens is 1. The zero-order valence-corrected chi connectivity index (χ0v) is 14.8. The molecule has 0 aromatic heterocycles. The third-order valence-corrected chi connectivity index (χ3v) is 5.29. The number of Topliss-reactive ketones (excluding diaryl/α,β-unsaturated/α-hetero) is 1. The van der Waals surface area contributed by atoms with Crippen molar-refractivity contribution in [2.45, 2.75) is 52.4 Å². The van der Waals surface area contributed by atoms with Crippen LogP contribution < -0.4 is 17.3 Å². The van der Waals surface area contributed by atoms with Gasteiger partial charge in [0.1, 0.15) is 0 Å². The molecule has 0 radical (unpaired) electrons. The second-order valence-corrected chi connectivity index (χ2v) is 6.49. The number of quaternary nitrogens is 1. The summed E-state index contributed by atoms with van der Waals surface area (Å²) < 4.78 is 0. The molecule has 2 nitrogen and oxygen atoms in total. The fraction of sp³-hybridized carbons (Fsp3) is 0.632. The van der Waals surface area contributed by atoms with Crippen molar-refractivity contribution in [3.8, 4) is 0 Å². The van der Waals surface area contributed by atoms with E-state index in [2.05, 4.69) is 13.8 Å². The first-order chi connectivity index (χ1) is 10.2. The zero-order valence-electron chi connectivity index (χ0n) is 14.0. The lowest BCUT2D eigenvalue weighted by Gasteiger charge is -2.36. The van der Waals surface area contributed by atoms with Crippen molar-refractivity contribution >= 4 is 5.78 Å². The molecule has 1 saturated carbocycles. The van der Waals surface area contributed by atoms with Gasteiger partial charge in [0.15, 0.2) is 5.78 Å². The lowest BCUT2D eigenvalue weighted by Crippen LogP contribution is -3.11. The molecule has 0 spiro atoms. The molecule has 0 saturated heterocycles. The van der Waals surface area contributed by atoms with E-state index in [4.69, 9.17) is 0 Å². The van der Waals surface area contributed by atoms with Crippen molar-refractivity contribution < 1.29 is 22.1 Å². The van der Waals surface area contributed by atoms with E-state index in [1.807, 2.05) is 30.3 Å². The molecule has 0 atom stereocenters. The second kappa shape index (κ2) is 9.32. The molecule has 2 rings (SSSR count). The van der Waals surface area contributed by atoms with Crippen LogP contribution in [0.1, 0.15) is 62.7 Å². The maximum atomic E-state index is 13.1. The second-order valence-electron chi connectivity index (χ2n) is 6.49. The van der Waals surface area contributed by atoms with Gasteiger partial charge in [-0.25, -0.2) is 0 Å². The predicted octanol–water partition coefficient (Wildman–Crippen LogP) is 0.139. The van der Waals surface area contributed by atoms with E-state index in [-0.39, 0.29) is 17.8 Å². The number of benzene rings is 1. The Bertz CT molecular complexity index is 436. The van der Waals surface area contributed by atoms with Gasteiger partial charge in [-0.05, 0) is 26.7 Å². The molecular formula is C19H30ClNO. The van der Waals surface area contributed by atoms with Crippen LogP contribution in [0, 0.1) is 5.41 Å². The Hall–Kier alpha value is -0.860. The van der Waals surface area contributed by atoms with E-state index in [1.165, 1.54) is 19.3 Å². The van der Waals surface area contributed by atoms with E-state index in [1.54, 1.807) is 4.90 Å². The van der Waals surface area contributed by atoms with Gasteiger partial charge in [-0.3, -0.25) is 4.79 Å². The Labute approximate surface area is 141 Å². The van der Waals surface area contributed by atoms with E-state index in [0.29, 0.717) is 5.78 Å². The molecule has 3 heteroatoms. The summed E-state index contributed by atoms with van der Waals surface area (Å²) in [7, 11) is 0. The van der Waals surface area contributed by atoms with Gasteiger partial charge in [-0.1, -0.05) is 49.6 Å². The summed E-state index contributed by atoms with van der Waals surface area (Å²) >= 11 is 0. The highest BCUT2D eigenvalue weighted by molar-refractivity contribution is 6.00. The number of nitrogens with one attached hydrogen (secondary N) is 1. The third-order valence-electron chi connectivity index (χ3n) is 5.29. The molecule has 1 aromatic rings. The highest BCUT2D eigenvalue weighted by atomic mass is 35.5. The molecule has 22 heavy (non-hydrogen) atoms. The van der Waals surface area contributed by atoms with Gasteiger partial charge < -0.3 is 17.3 Å². The highest BCUT2D eigenvalue weighted by Crippen LogP contribution is 2.41. The monoisotopic (exact) mass is 323 g/mol. The number of carbonyl (C=O) groups is 1. The molecule has 1 aliphatic rings. The van der Waals surface area contributed by atoms with Crippen LogP contribution in [0.4, 0.5) is 0 Å². The molecule has 0 aliphatic heterocycles. The average molecular weight is 324 g/mol. The topological polar surface area (TPSA) is 21.5 Å². The van der Waals surface area contributed by atoms with Crippen LogP contribution >= 0.6 is 0 Å².